The maximum absolute atomic E-state index is 5.88. The molecule has 0 amide bonds. The number of hydrogen-bond donors (Lipinski definition) is 2. The van der Waals surface area contributed by atoms with Crippen LogP contribution in [0.4, 0.5) is 0 Å². The van der Waals surface area contributed by atoms with Gasteiger partial charge in [0.15, 0.2) is 5.96 Å². The number of aryl methyl sites for hydroxylation is 2. The SMILES string of the molecule is CN=C(NCCc1sc(C)nc1C)NCC1CN(CC(C)C)CCO1. The summed E-state index contributed by atoms with van der Waals surface area (Å²) in [4.78, 5) is 12.6. The molecule has 1 aliphatic rings. The first kappa shape index (κ1) is 20.1. The van der Waals surface area contributed by atoms with Gasteiger partial charge in [0.25, 0.3) is 0 Å². The molecule has 0 radical (unpaired) electrons. The lowest BCUT2D eigenvalue weighted by atomic mass is 10.2. The first-order chi connectivity index (χ1) is 12.0. The van der Waals surface area contributed by atoms with Crippen LogP contribution in [0.15, 0.2) is 4.99 Å². The van der Waals surface area contributed by atoms with Crippen LogP contribution in [0.25, 0.3) is 0 Å². The number of rotatable bonds is 7. The molecule has 6 nitrogen and oxygen atoms in total. The molecule has 1 atom stereocenters. The Morgan fingerprint density at radius 3 is 2.84 bits per heavy atom. The van der Waals surface area contributed by atoms with Crippen LogP contribution >= 0.6 is 11.3 Å². The predicted molar refractivity (Wildman–Crippen MR) is 106 cm³/mol. The van der Waals surface area contributed by atoms with Gasteiger partial charge in [-0.05, 0) is 19.8 Å². The Labute approximate surface area is 156 Å². The van der Waals surface area contributed by atoms with Crippen molar-refractivity contribution in [3.8, 4) is 0 Å². The van der Waals surface area contributed by atoms with E-state index in [4.69, 9.17) is 4.74 Å². The van der Waals surface area contributed by atoms with Gasteiger partial charge in [-0.1, -0.05) is 13.8 Å². The third-order valence-corrected chi connectivity index (χ3v) is 5.34. The molecule has 7 heteroatoms. The molecule has 0 bridgehead atoms. The summed E-state index contributed by atoms with van der Waals surface area (Å²) in [5.74, 6) is 1.53. The fourth-order valence-corrected chi connectivity index (χ4v) is 4.05. The molecule has 1 unspecified atom stereocenters. The summed E-state index contributed by atoms with van der Waals surface area (Å²) in [6, 6.07) is 0. The van der Waals surface area contributed by atoms with Gasteiger partial charge in [-0.2, -0.15) is 0 Å². The third kappa shape index (κ3) is 6.92. The zero-order valence-electron chi connectivity index (χ0n) is 16.3. The van der Waals surface area contributed by atoms with Crippen molar-refractivity contribution in [2.24, 2.45) is 10.9 Å². The molecular weight excluding hydrogens is 334 g/mol. The van der Waals surface area contributed by atoms with Crippen LogP contribution < -0.4 is 10.6 Å². The van der Waals surface area contributed by atoms with Crippen molar-refractivity contribution in [2.75, 3.05) is 46.4 Å². The van der Waals surface area contributed by atoms with E-state index in [1.807, 2.05) is 7.05 Å². The van der Waals surface area contributed by atoms with E-state index < -0.39 is 0 Å². The summed E-state index contributed by atoms with van der Waals surface area (Å²) < 4.78 is 5.88. The molecule has 1 aromatic rings. The quantitative estimate of drug-likeness (QED) is 0.569. The van der Waals surface area contributed by atoms with Gasteiger partial charge in [0.1, 0.15) is 0 Å². The molecule has 0 saturated carbocycles. The fourth-order valence-electron chi connectivity index (χ4n) is 3.12. The Kier molecular flexibility index (Phi) is 8.12. The Hall–Kier alpha value is -1.18. The summed E-state index contributed by atoms with van der Waals surface area (Å²) in [7, 11) is 1.81. The van der Waals surface area contributed by atoms with E-state index in [0.29, 0.717) is 5.92 Å². The van der Waals surface area contributed by atoms with Gasteiger partial charge in [-0.3, -0.25) is 9.89 Å². The van der Waals surface area contributed by atoms with Crippen LogP contribution in [-0.4, -0.2) is 68.3 Å². The van der Waals surface area contributed by atoms with Gasteiger partial charge >= 0.3 is 0 Å². The largest absolute Gasteiger partial charge is 0.374 e. The molecule has 2 N–H and O–H groups in total. The average molecular weight is 368 g/mol. The molecule has 1 aliphatic heterocycles. The third-order valence-electron chi connectivity index (χ3n) is 4.21. The molecule has 0 aliphatic carbocycles. The van der Waals surface area contributed by atoms with Gasteiger partial charge in [0, 0.05) is 51.1 Å². The van der Waals surface area contributed by atoms with Gasteiger partial charge in [0.05, 0.1) is 23.4 Å². The van der Waals surface area contributed by atoms with Crippen molar-refractivity contribution >= 4 is 17.3 Å². The van der Waals surface area contributed by atoms with Crippen LogP contribution in [0.1, 0.15) is 29.4 Å². The van der Waals surface area contributed by atoms with E-state index in [-0.39, 0.29) is 6.10 Å². The fraction of sp³-hybridized carbons (Fsp3) is 0.778. The molecule has 1 saturated heterocycles. The second-order valence-corrected chi connectivity index (χ2v) is 8.31. The number of nitrogens with one attached hydrogen (secondary N) is 2. The minimum atomic E-state index is 0.220. The van der Waals surface area contributed by atoms with Crippen LogP contribution in [0.2, 0.25) is 0 Å². The van der Waals surface area contributed by atoms with E-state index in [1.54, 1.807) is 11.3 Å². The molecule has 0 spiro atoms. The van der Waals surface area contributed by atoms with Crippen molar-refractivity contribution in [1.29, 1.82) is 0 Å². The lowest BCUT2D eigenvalue weighted by Gasteiger charge is -2.34. The lowest BCUT2D eigenvalue weighted by Crippen LogP contribution is -2.50. The van der Waals surface area contributed by atoms with Crippen LogP contribution in [0.3, 0.4) is 0 Å². The highest BCUT2D eigenvalue weighted by Gasteiger charge is 2.21. The lowest BCUT2D eigenvalue weighted by molar-refractivity contribution is -0.0284. The van der Waals surface area contributed by atoms with Crippen LogP contribution in [-0.2, 0) is 11.2 Å². The molecule has 2 heterocycles. The Morgan fingerprint density at radius 2 is 2.20 bits per heavy atom. The smallest absolute Gasteiger partial charge is 0.191 e. The van der Waals surface area contributed by atoms with Crippen molar-refractivity contribution in [2.45, 2.75) is 40.2 Å². The number of thiazole rings is 1. The highest BCUT2D eigenvalue weighted by molar-refractivity contribution is 7.11. The zero-order valence-corrected chi connectivity index (χ0v) is 17.1. The highest BCUT2D eigenvalue weighted by Crippen LogP contribution is 2.17. The standard InChI is InChI=1S/C18H33N5OS/c1-13(2)11-23-8-9-24-16(12-23)10-21-18(19-5)20-7-6-17-14(3)22-15(4)25-17/h13,16H,6-12H2,1-5H3,(H2,19,20,21). The number of morpholine rings is 1. The Balaban J connectivity index is 1.70. The first-order valence-corrected chi connectivity index (χ1v) is 10.0. The second kappa shape index (κ2) is 10.1. The maximum atomic E-state index is 5.88. The monoisotopic (exact) mass is 367 g/mol. The van der Waals surface area contributed by atoms with Gasteiger partial charge in [0.2, 0.25) is 0 Å². The van der Waals surface area contributed by atoms with Crippen molar-refractivity contribution in [3.63, 3.8) is 0 Å². The van der Waals surface area contributed by atoms with Crippen LogP contribution in [0.5, 0.6) is 0 Å². The topological polar surface area (TPSA) is 61.8 Å². The highest BCUT2D eigenvalue weighted by atomic mass is 32.1. The number of guanidine groups is 1. The number of hydrogen-bond acceptors (Lipinski definition) is 5. The minimum Gasteiger partial charge on any atom is -0.374 e. The molecule has 1 fully saturated rings. The average Bonchev–Trinajstić information content (AvgIpc) is 2.88. The summed E-state index contributed by atoms with van der Waals surface area (Å²) in [6.07, 6.45) is 1.19. The summed E-state index contributed by atoms with van der Waals surface area (Å²) in [5.41, 5.74) is 1.15. The number of aliphatic imine (C=N–C) groups is 1. The molecule has 0 aromatic carbocycles. The predicted octanol–water partition coefficient (Wildman–Crippen LogP) is 1.82. The van der Waals surface area contributed by atoms with Gasteiger partial charge < -0.3 is 15.4 Å². The molecular formula is C18H33N5OS. The van der Waals surface area contributed by atoms with Crippen molar-refractivity contribution in [3.05, 3.63) is 15.6 Å². The Morgan fingerprint density at radius 1 is 1.40 bits per heavy atom. The van der Waals surface area contributed by atoms with E-state index >= 15 is 0 Å². The number of ether oxygens (including phenoxy) is 1. The van der Waals surface area contributed by atoms with Gasteiger partial charge in [-0.25, -0.2) is 4.98 Å². The zero-order chi connectivity index (χ0) is 18.2. The number of nitrogens with zero attached hydrogens (tertiary/aromatic N) is 3. The number of aromatic nitrogens is 1. The van der Waals surface area contributed by atoms with Crippen LogP contribution in [0, 0.1) is 19.8 Å². The van der Waals surface area contributed by atoms with Crippen molar-refractivity contribution < 1.29 is 4.74 Å². The maximum Gasteiger partial charge on any atom is 0.191 e. The van der Waals surface area contributed by atoms with E-state index in [1.165, 1.54) is 4.88 Å². The molecule has 142 valence electrons. The first-order valence-electron chi connectivity index (χ1n) is 9.19. The molecule has 1 aromatic heterocycles. The van der Waals surface area contributed by atoms with E-state index in [0.717, 1.165) is 62.4 Å². The summed E-state index contributed by atoms with van der Waals surface area (Å²) in [6.45, 7) is 14.3. The van der Waals surface area contributed by atoms with E-state index in [2.05, 4.69) is 53.2 Å². The molecule has 25 heavy (non-hydrogen) atoms. The normalized spacial score (nSPS) is 19.4. The summed E-state index contributed by atoms with van der Waals surface area (Å²) >= 11 is 1.78. The van der Waals surface area contributed by atoms with E-state index in [9.17, 15) is 0 Å². The van der Waals surface area contributed by atoms with Crippen molar-refractivity contribution in [1.82, 2.24) is 20.5 Å². The Bertz CT molecular complexity index is 558. The minimum absolute atomic E-state index is 0.220. The summed E-state index contributed by atoms with van der Waals surface area (Å²) in [5, 5.41) is 7.91. The molecule has 2 rings (SSSR count). The van der Waals surface area contributed by atoms with Gasteiger partial charge in [-0.15, -0.1) is 11.3 Å². The second-order valence-electron chi connectivity index (χ2n) is 7.02.